The highest BCUT2D eigenvalue weighted by atomic mass is 16.5. The van der Waals surface area contributed by atoms with E-state index in [-0.39, 0.29) is 0 Å². The monoisotopic (exact) mass is 830 g/mol. The Morgan fingerprint density at radius 3 is 0.719 bits per heavy atom. The van der Waals surface area contributed by atoms with E-state index in [2.05, 4.69) is 109 Å². The van der Waals surface area contributed by atoms with Gasteiger partial charge in [-0.25, -0.2) is 19.9 Å². The lowest BCUT2D eigenvalue weighted by atomic mass is 9.87. The van der Waals surface area contributed by atoms with Crippen LogP contribution in [0.5, 0.6) is 23.0 Å². The second-order valence-electron chi connectivity index (χ2n) is 16.0. The van der Waals surface area contributed by atoms with Crippen LogP contribution in [0, 0.1) is 0 Å². The van der Waals surface area contributed by atoms with E-state index in [1.54, 1.807) is 28.4 Å². The molecule has 8 nitrogen and oxygen atoms in total. The average molecular weight is 831 g/mol. The summed E-state index contributed by atoms with van der Waals surface area (Å²) in [5.74, 6) is 4.18. The molecular weight excluding hydrogens is 793 g/mol. The van der Waals surface area contributed by atoms with Gasteiger partial charge in [-0.05, 0) is 151 Å². The van der Waals surface area contributed by atoms with Crippen molar-refractivity contribution in [3.8, 4) is 79.2 Å². The predicted molar refractivity (Wildman–Crippen MR) is 258 cm³/mol. The van der Waals surface area contributed by atoms with Gasteiger partial charge >= 0.3 is 0 Å². The van der Waals surface area contributed by atoms with E-state index in [4.69, 9.17) is 38.9 Å². The van der Waals surface area contributed by atoms with E-state index < -0.39 is 0 Å². The van der Waals surface area contributed by atoms with Crippen molar-refractivity contribution in [3.05, 3.63) is 158 Å². The molecule has 0 amide bonds. The van der Waals surface area contributed by atoms with Gasteiger partial charge in [0, 0.05) is 21.5 Å². The van der Waals surface area contributed by atoms with Crippen molar-refractivity contribution in [3.63, 3.8) is 0 Å². The number of ether oxygens (including phenoxy) is 4. The van der Waals surface area contributed by atoms with Gasteiger partial charge in [-0.3, -0.25) is 0 Å². The molecule has 2 heterocycles. The summed E-state index contributed by atoms with van der Waals surface area (Å²) in [6.45, 7) is 0. The van der Waals surface area contributed by atoms with Gasteiger partial charge in [-0.15, -0.1) is 0 Å². The Balaban J connectivity index is 1.06. The first-order valence-corrected chi connectivity index (χ1v) is 21.1. The molecule has 8 heteroatoms. The molecule has 306 valence electrons. The SMILES string of the molecule is COc1ccc(-c2cc(-c3ccc(OC)cc3)c3ccc4nc(-c5nc6ccc7c(-c8ccc(OC)cc8)cc(-c8ccc(OC)cc8)c8ccc(n5)c6c78)nc5ccc2c3c54)cc1. The molecule has 0 radical (unpaired) electrons. The number of nitrogens with zero attached hydrogens (tertiary/aromatic N) is 4. The molecule has 0 aliphatic carbocycles. The van der Waals surface area contributed by atoms with Crippen molar-refractivity contribution in [1.29, 1.82) is 0 Å². The number of rotatable bonds is 9. The Morgan fingerprint density at radius 2 is 0.500 bits per heavy atom. The van der Waals surface area contributed by atoms with Crippen molar-refractivity contribution in [2.24, 2.45) is 0 Å². The van der Waals surface area contributed by atoms with Crippen molar-refractivity contribution >= 4 is 65.2 Å². The van der Waals surface area contributed by atoms with Crippen molar-refractivity contribution < 1.29 is 18.9 Å². The highest BCUT2D eigenvalue weighted by molar-refractivity contribution is 6.28. The number of hydrogen-bond acceptors (Lipinski definition) is 8. The highest BCUT2D eigenvalue weighted by Gasteiger charge is 2.22. The van der Waals surface area contributed by atoms with Crippen LogP contribution in [0.15, 0.2) is 158 Å². The summed E-state index contributed by atoms with van der Waals surface area (Å²) in [6.07, 6.45) is 0. The van der Waals surface area contributed by atoms with Crippen LogP contribution in [-0.2, 0) is 0 Å². The molecule has 0 aliphatic rings. The lowest BCUT2D eigenvalue weighted by molar-refractivity contribution is 0.415. The number of methoxy groups -OCH3 is 4. The molecule has 0 aliphatic heterocycles. The maximum Gasteiger partial charge on any atom is 0.198 e. The zero-order valence-corrected chi connectivity index (χ0v) is 35.4. The Labute approximate surface area is 368 Å². The third-order valence-electron chi connectivity index (χ3n) is 12.7. The molecular formula is C56H38N4O4. The van der Waals surface area contributed by atoms with Crippen molar-refractivity contribution in [2.45, 2.75) is 0 Å². The minimum Gasteiger partial charge on any atom is -0.497 e. The topological polar surface area (TPSA) is 88.5 Å². The van der Waals surface area contributed by atoms with Gasteiger partial charge in [0.25, 0.3) is 0 Å². The maximum absolute atomic E-state index is 5.51. The molecule has 10 aromatic carbocycles. The van der Waals surface area contributed by atoms with Crippen LogP contribution in [0.1, 0.15) is 0 Å². The molecule has 0 saturated heterocycles. The fraction of sp³-hybridized carbons (Fsp3) is 0.0714. The quantitative estimate of drug-likeness (QED) is 0.133. The molecule has 0 fully saturated rings. The standard InChI is InChI=1S/C56H38N4O4/c1-61-35-13-5-31(6-14-35)43-29-44(32-7-15-36(62-2)16-8-32)40-22-26-48-53-47(25-21-39(43)51(40)53)57-55(58-48)56-59-49-27-23-41-45(33-9-17-37(63-3)18-10-33)30-46(34-11-19-38(64-4)20-12-34)42-24-28-50(60-56)54(49)52(41)42/h5-30H,1-4H3. The van der Waals surface area contributed by atoms with E-state index in [9.17, 15) is 0 Å². The minimum absolute atomic E-state index is 0.472. The lowest BCUT2D eigenvalue weighted by Crippen LogP contribution is -2.00. The molecule has 0 atom stereocenters. The first-order valence-electron chi connectivity index (χ1n) is 21.1. The number of benzene rings is 10. The molecule has 64 heavy (non-hydrogen) atoms. The van der Waals surface area contributed by atoms with E-state index in [1.165, 1.54) is 0 Å². The van der Waals surface area contributed by atoms with Crippen LogP contribution in [0.25, 0.3) is 121 Å². The van der Waals surface area contributed by atoms with Gasteiger partial charge in [0.15, 0.2) is 11.6 Å². The smallest absolute Gasteiger partial charge is 0.198 e. The summed E-state index contributed by atoms with van der Waals surface area (Å²) in [7, 11) is 6.75. The fourth-order valence-electron chi connectivity index (χ4n) is 9.53. The van der Waals surface area contributed by atoms with Crippen LogP contribution in [0.4, 0.5) is 0 Å². The predicted octanol–water partition coefficient (Wildman–Crippen LogP) is 13.4. The number of aromatic nitrogens is 4. The summed E-state index contributed by atoms with van der Waals surface area (Å²) < 4.78 is 22.1. The second-order valence-corrected chi connectivity index (χ2v) is 16.0. The van der Waals surface area contributed by atoms with E-state index in [0.717, 1.165) is 133 Å². The molecule has 2 aromatic heterocycles. The summed E-state index contributed by atoms with van der Waals surface area (Å²) in [5, 5.41) is 8.69. The Morgan fingerprint density at radius 1 is 0.266 bits per heavy atom. The Bertz CT molecular complexity index is 3260. The van der Waals surface area contributed by atoms with Crippen LogP contribution in [-0.4, -0.2) is 48.4 Å². The summed E-state index contributed by atoms with van der Waals surface area (Å²) >= 11 is 0. The van der Waals surface area contributed by atoms with E-state index in [0.29, 0.717) is 11.6 Å². The molecule has 12 rings (SSSR count). The average Bonchev–Trinajstić information content (AvgIpc) is 3.36. The molecule has 0 spiro atoms. The van der Waals surface area contributed by atoms with Crippen LogP contribution in [0.3, 0.4) is 0 Å². The van der Waals surface area contributed by atoms with Gasteiger partial charge in [-0.2, -0.15) is 0 Å². The molecule has 0 N–H and O–H groups in total. The largest absolute Gasteiger partial charge is 0.497 e. The molecule has 0 unspecified atom stereocenters. The van der Waals surface area contributed by atoms with Gasteiger partial charge < -0.3 is 18.9 Å². The third-order valence-corrected chi connectivity index (χ3v) is 12.7. The second kappa shape index (κ2) is 14.6. The minimum atomic E-state index is 0.472. The summed E-state index contributed by atoms with van der Waals surface area (Å²) in [4.78, 5) is 20.9. The van der Waals surface area contributed by atoms with Crippen molar-refractivity contribution in [2.75, 3.05) is 28.4 Å². The van der Waals surface area contributed by atoms with Gasteiger partial charge in [0.1, 0.15) is 23.0 Å². The first-order chi connectivity index (χ1) is 31.5. The Hall–Kier alpha value is -8.36. The van der Waals surface area contributed by atoms with Gasteiger partial charge in [0.05, 0.1) is 50.5 Å². The van der Waals surface area contributed by atoms with Gasteiger partial charge in [-0.1, -0.05) is 72.8 Å². The number of hydrogen-bond donors (Lipinski definition) is 0. The van der Waals surface area contributed by atoms with Crippen LogP contribution in [0.2, 0.25) is 0 Å². The maximum atomic E-state index is 5.51. The molecule has 0 saturated carbocycles. The summed E-state index contributed by atoms with van der Waals surface area (Å²) in [6, 6.07) is 54.6. The normalized spacial score (nSPS) is 11.8. The third kappa shape index (κ3) is 5.83. The van der Waals surface area contributed by atoms with Crippen LogP contribution < -0.4 is 18.9 Å². The highest BCUT2D eigenvalue weighted by Crippen LogP contribution is 2.46. The van der Waals surface area contributed by atoms with E-state index >= 15 is 0 Å². The first kappa shape index (κ1) is 37.4. The molecule has 0 bridgehead atoms. The zero-order valence-electron chi connectivity index (χ0n) is 35.4. The molecule has 12 aromatic rings. The zero-order chi connectivity index (χ0) is 43.1. The van der Waals surface area contributed by atoms with E-state index in [1.807, 2.05) is 48.5 Å². The Kier molecular flexibility index (Phi) is 8.55. The van der Waals surface area contributed by atoms with Crippen LogP contribution >= 0.6 is 0 Å². The fourth-order valence-corrected chi connectivity index (χ4v) is 9.53. The van der Waals surface area contributed by atoms with Gasteiger partial charge in [0.2, 0.25) is 0 Å². The summed E-state index contributed by atoms with van der Waals surface area (Å²) in [5.41, 5.74) is 12.1. The van der Waals surface area contributed by atoms with Crippen molar-refractivity contribution in [1.82, 2.24) is 19.9 Å². The lowest BCUT2D eigenvalue weighted by Gasteiger charge is -2.19.